The minimum Gasteiger partial charge on any atom is -0.493 e. The largest absolute Gasteiger partial charge is 0.493 e. The maximum absolute atomic E-state index is 13.0. The van der Waals surface area contributed by atoms with Crippen LogP contribution >= 0.6 is 0 Å². The quantitative estimate of drug-likeness (QED) is 0.724. The van der Waals surface area contributed by atoms with Crippen LogP contribution in [0.2, 0.25) is 0 Å². The standard InChI is InChI=1S/C20H28N2O4/c1-3-4-12-26-17-10-7-14(13-18(17)25-2)20(24)22-11-5-6-16(22)19(23)21-15-8-9-15/h7,10,13,15-16H,3-6,8-9,11-12H2,1-2H3,(H,21,23). The third-order valence-electron chi connectivity index (χ3n) is 4.91. The smallest absolute Gasteiger partial charge is 0.254 e. The lowest BCUT2D eigenvalue weighted by atomic mass is 10.1. The number of likely N-dealkylation sites (tertiary alicyclic amines) is 1. The lowest BCUT2D eigenvalue weighted by Gasteiger charge is -2.24. The molecule has 1 aromatic rings. The second-order valence-corrected chi connectivity index (χ2v) is 7.01. The molecule has 6 nitrogen and oxygen atoms in total. The summed E-state index contributed by atoms with van der Waals surface area (Å²) in [5.41, 5.74) is 0.524. The Bertz CT molecular complexity index is 657. The van der Waals surface area contributed by atoms with Crippen molar-refractivity contribution in [1.82, 2.24) is 10.2 Å². The number of rotatable bonds is 8. The fourth-order valence-electron chi connectivity index (χ4n) is 3.22. The number of methoxy groups -OCH3 is 1. The van der Waals surface area contributed by atoms with Crippen molar-refractivity contribution in [2.75, 3.05) is 20.3 Å². The van der Waals surface area contributed by atoms with E-state index in [1.54, 1.807) is 30.2 Å². The minimum absolute atomic E-state index is 0.0233. The molecule has 6 heteroatoms. The van der Waals surface area contributed by atoms with E-state index in [9.17, 15) is 9.59 Å². The Morgan fingerprint density at radius 3 is 2.73 bits per heavy atom. The van der Waals surface area contributed by atoms with Gasteiger partial charge in [-0.3, -0.25) is 9.59 Å². The number of amides is 2. The highest BCUT2D eigenvalue weighted by atomic mass is 16.5. The zero-order valence-corrected chi connectivity index (χ0v) is 15.6. The van der Waals surface area contributed by atoms with Crippen molar-refractivity contribution >= 4 is 11.8 Å². The van der Waals surface area contributed by atoms with Gasteiger partial charge in [0, 0.05) is 18.2 Å². The Labute approximate surface area is 154 Å². The first-order valence-electron chi connectivity index (χ1n) is 9.56. The summed E-state index contributed by atoms with van der Waals surface area (Å²) in [7, 11) is 1.57. The molecule has 2 aliphatic rings. The predicted molar refractivity (Wildman–Crippen MR) is 98.6 cm³/mol. The number of carbonyl (C=O) groups is 2. The predicted octanol–water partition coefficient (Wildman–Crippen LogP) is 2.76. The topological polar surface area (TPSA) is 67.9 Å². The lowest BCUT2D eigenvalue weighted by Crippen LogP contribution is -2.46. The molecule has 3 rings (SSSR count). The summed E-state index contributed by atoms with van der Waals surface area (Å²) in [6.45, 7) is 3.34. The van der Waals surface area contributed by atoms with Gasteiger partial charge in [-0.25, -0.2) is 0 Å². The molecule has 1 aliphatic carbocycles. The zero-order chi connectivity index (χ0) is 18.5. The van der Waals surface area contributed by atoms with Gasteiger partial charge in [0.15, 0.2) is 11.5 Å². The van der Waals surface area contributed by atoms with Crippen molar-refractivity contribution in [2.45, 2.75) is 57.5 Å². The summed E-state index contributed by atoms with van der Waals surface area (Å²) < 4.78 is 11.1. The van der Waals surface area contributed by atoms with Crippen molar-refractivity contribution in [3.8, 4) is 11.5 Å². The third kappa shape index (κ3) is 4.29. The fourth-order valence-corrected chi connectivity index (χ4v) is 3.22. The molecule has 2 amide bonds. The molecule has 26 heavy (non-hydrogen) atoms. The minimum atomic E-state index is -0.366. The number of hydrogen-bond acceptors (Lipinski definition) is 4. The van der Waals surface area contributed by atoms with Crippen molar-refractivity contribution in [2.24, 2.45) is 0 Å². The highest BCUT2D eigenvalue weighted by Gasteiger charge is 2.36. The van der Waals surface area contributed by atoms with Gasteiger partial charge in [0.1, 0.15) is 6.04 Å². The molecule has 0 bridgehead atoms. The molecule has 1 heterocycles. The maximum Gasteiger partial charge on any atom is 0.254 e. The van der Waals surface area contributed by atoms with Crippen LogP contribution in [0, 0.1) is 0 Å². The van der Waals surface area contributed by atoms with Crippen LogP contribution in [0.25, 0.3) is 0 Å². The van der Waals surface area contributed by atoms with Gasteiger partial charge in [0.05, 0.1) is 13.7 Å². The van der Waals surface area contributed by atoms with E-state index in [4.69, 9.17) is 9.47 Å². The summed E-state index contributed by atoms with van der Waals surface area (Å²) in [6.07, 6.45) is 5.68. The van der Waals surface area contributed by atoms with Gasteiger partial charge in [-0.15, -0.1) is 0 Å². The number of nitrogens with zero attached hydrogens (tertiary/aromatic N) is 1. The molecule has 0 radical (unpaired) electrons. The van der Waals surface area contributed by atoms with Crippen LogP contribution < -0.4 is 14.8 Å². The first-order chi connectivity index (χ1) is 12.6. The maximum atomic E-state index is 13.0. The molecule has 1 saturated carbocycles. The molecule has 0 spiro atoms. The first-order valence-corrected chi connectivity index (χ1v) is 9.56. The van der Waals surface area contributed by atoms with Crippen LogP contribution in [0.3, 0.4) is 0 Å². The first kappa shape index (κ1) is 18.5. The fraction of sp³-hybridized carbons (Fsp3) is 0.600. The van der Waals surface area contributed by atoms with Crippen LogP contribution in [0.15, 0.2) is 18.2 Å². The van der Waals surface area contributed by atoms with Gasteiger partial charge in [-0.1, -0.05) is 13.3 Å². The molecule has 1 aromatic carbocycles. The Balaban J connectivity index is 1.70. The normalized spacial score (nSPS) is 19.3. The van der Waals surface area contributed by atoms with Crippen molar-refractivity contribution in [3.63, 3.8) is 0 Å². The summed E-state index contributed by atoms with van der Waals surface area (Å²) in [6, 6.07) is 5.17. The van der Waals surface area contributed by atoms with Gasteiger partial charge in [0.2, 0.25) is 5.91 Å². The third-order valence-corrected chi connectivity index (χ3v) is 4.91. The average Bonchev–Trinajstić information content (AvgIpc) is 3.33. The molecule has 2 fully saturated rings. The lowest BCUT2D eigenvalue weighted by molar-refractivity contribution is -0.125. The van der Waals surface area contributed by atoms with E-state index in [1.807, 2.05) is 0 Å². The molecule has 142 valence electrons. The molecule has 1 aliphatic heterocycles. The second kappa shape index (κ2) is 8.43. The molecular weight excluding hydrogens is 332 g/mol. The Hall–Kier alpha value is -2.24. The number of unbranched alkanes of at least 4 members (excludes halogenated alkanes) is 1. The average molecular weight is 360 g/mol. The number of carbonyl (C=O) groups excluding carboxylic acids is 2. The van der Waals surface area contributed by atoms with Gasteiger partial charge >= 0.3 is 0 Å². The van der Waals surface area contributed by atoms with E-state index in [2.05, 4.69) is 12.2 Å². The van der Waals surface area contributed by atoms with Crippen LogP contribution in [-0.4, -0.2) is 49.1 Å². The van der Waals surface area contributed by atoms with E-state index < -0.39 is 0 Å². The molecule has 1 saturated heterocycles. The Morgan fingerprint density at radius 1 is 1.23 bits per heavy atom. The number of ether oxygens (including phenoxy) is 2. The van der Waals surface area contributed by atoms with Crippen LogP contribution in [0.1, 0.15) is 55.8 Å². The molecule has 1 N–H and O–H groups in total. The van der Waals surface area contributed by atoms with E-state index >= 15 is 0 Å². The van der Waals surface area contributed by atoms with Crippen molar-refractivity contribution in [1.29, 1.82) is 0 Å². The number of benzene rings is 1. The molecule has 1 unspecified atom stereocenters. The van der Waals surface area contributed by atoms with Gasteiger partial charge in [0.25, 0.3) is 5.91 Å². The van der Waals surface area contributed by atoms with Crippen molar-refractivity contribution in [3.05, 3.63) is 23.8 Å². The highest BCUT2D eigenvalue weighted by Crippen LogP contribution is 2.30. The van der Waals surface area contributed by atoms with Gasteiger partial charge in [-0.2, -0.15) is 0 Å². The summed E-state index contributed by atoms with van der Waals surface area (Å²) in [4.78, 5) is 27.1. The van der Waals surface area contributed by atoms with Crippen LogP contribution in [-0.2, 0) is 4.79 Å². The van der Waals surface area contributed by atoms with Gasteiger partial charge < -0.3 is 19.7 Å². The molecule has 0 aromatic heterocycles. The highest BCUT2D eigenvalue weighted by molar-refractivity contribution is 5.98. The monoisotopic (exact) mass is 360 g/mol. The SMILES string of the molecule is CCCCOc1ccc(C(=O)N2CCCC2C(=O)NC2CC2)cc1OC. The second-order valence-electron chi connectivity index (χ2n) is 7.01. The van der Waals surface area contributed by atoms with Crippen LogP contribution in [0.4, 0.5) is 0 Å². The number of hydrogen-bond donors (Lipinski definition) is 1. The van der Waals surface area contributed by atoms with Crippen molar-refractivity contribution < 1.29 is 19.1 Å². The van der Waals surface area contributed by atoms with Crippen LogP contribution in [0.5, 0.6) is 11.5 Å². The summed E-state index contributed by atoms with van der Waals surface area (Å²) >= 11 is 0. The Kier molecular flexibility index (Phi) is 6.01. The Morgan fingerprint density at radius 2 is 2.04 bits per heavy atom. The van der Waals surface area contributed by atoms with E-state index in [0.717, 1.165) is 38.5 Å². The number of nitrogens with one attached hydrogen (secondary N) is 1. The van der Waals surface area contributed by atoms with E-state index in [0.29, 0.717) is 36.3 Å². The molecule has 1 atom stereocenters. The van der Waals surface area contributed by atoms with E-state index in [-0.39, 0.29) is 17.9 Å². The van der Waals surface area contributed by atoms with Gasteiger partial charge in [-0.05, 0) is 50.3 Å². The molecular formula is C20H28N2O4. The zero-order valence-electron chi connectivity index (χ0n) is 15.6. The summed E-state index contributed by atoms with van der Waals surface area (Å²) in [5.74, 6) is 1.04. The summed E-state index contributed by atoms with van der Waals surface area (Å²) in [5, 5.41) is 3.01. The van der Waals surface area contributed by atoms with E-state index in [1.165, 1.54) is 0 Å².